The SMILES string of the molecule is N.Nc1nc2c(ncn2C2OC(CO)C(OP(=O)(O)OCC3OC(n4ccc(=O)[nH]c4=O)C(O)C3O)C2O)c(=O)[nH]1. The molecule has 9 atom stereocenters. The van der Waals surface area contributed by atoms with Gasteiger partial charge in [0.15, 0.2) is 23.6 Å². The Balaban J connectivity index is 0.00000387. The quantitative estimate of drug-likeness (QED) is 0.110. The number of imidazole rings is 1. The monoisotopic (exact) mass is 606 g/mol. The number of phosphoric acid groups is 1. The van der Waals surface area contributed by atoms with E-state index in [4.69, 9.17) is 24.3 Å². The van der Waals surface area contributed by atoms with E-state index in [2.05, 4.69) is 15.0 Å². The number of hydrogen-bond acceptors (Lipinski definition) is 16. The summed E-state index contributed by atoms with van der Waals surface area (Å²) < 4.78 is 35.6. The summed E-state index contributed by atoms with van der Waals surface area (Å²) in [6, 6.07) is 0.985. The van der Waals surface area contributed by atoms with Gasteiger partial charge in [-0.2, -0.15) is 4.98 Å². The molecule has 0 amide bonds. The topological polar surface area (TPSA) is 335 Å². The molecule has 3 aromatic heterocycles. The van der Waals surface area contributed by atoms with E-state index in [1.54, 1.807) is 0 Å². The van der Waals surface area contributed by atoms with E-state index in [9.17, 15) is 44.3 Å². The standard InChI is InChI=1S/C19H24N7O13P.H3N/c20-18-23-14-9(15(32)24-18)21-5-26(14)17-12(31)13(6(3-27)37-17)39-40(34,35)36-4-7-10(29)11(30)16(38-7)25-2-1-8(28)22-19(25)33;/h1-2,5-7,10-13,16-17,27,29-31H,3-4H2,(H,34,35)(H,22,28,33)(H3,20,23,24,32);1H3. The van der Waals surface area contributed by atoms with E-state index in [1.165, 1.54) is 0 Å². The molecule has 41 heavy (non-hydrogen) atoms. The van der Waals surface area contributed by atoms with Crippen LogP contribution in [0.15, 0.2) is 33.0 Å². The van der Waals surface area contributed by atoms with Gasteiger partial charge in [-0.3, -0.25) is 37.7 Å². The Labute approximate surface area is 226 Å². The van der Waals surface area contributed by atoms with E-state index in [0.717, 1.165) is 27.7 Å². The number of fused-ring (bicyclic) bond motifs is 1. The number of nitrogens with two attached hydrogens (primary N) is 1. The van der Waals surface area contributed by atoms with Crippen molar-refractivity contribution >= 4 is 24.9 Å². The molecule has 2 saturated heterocycles. The summed E-state index contributed by atoms with van der Waals surface area (Å²) in [6.07, 6.45) is -10.2. The fourth-order valence-corrected chi connectivity index (χ4v) is 5.40. The van der Waals surface area contributed by atoms with Crippen LogP contribution in [0.3, 0.4) is 0 Å². The van der Waals surface area contributed by atoms with Gasteiger partial charge in [0.2, 0.25) is 5.95 Å². The first-order valence-electron chi connectivity index (χ1n) is 11.6. The summed E-state index contributed by atoms with van der Waals surface area (Å²) in [5.74, 6) is -0.249. The lowest BCUT2D eigenvalue weighted by molar-refractivity contribution is -0.0610. The molecule has 2 aliphatic heterocycles. The molecule has 0 saturated carbocycles. The normalized spacial score (nSPS) is 31.2. The molecule has 0 aromatic carbocycles. The molecule has 0 spiro atoms. The van der Waals surface area contributed by atoms with Gasteiger partial charge in [0.25, 0.3) is 11.1 Å². The summed E-state index contributed by atoms with van der Waals surface area (Å²) in [7, 11) is -5.06. The van der Waals surface area contributed by atoms with Gasteiger partial charge in [-0.15, -0.1) is 0 Å². The van der Waals surface area contributed by atoms with Gasteiger partial charge in [0.1, 0.15) is 36.6 Å². The van der Waals surface area contributed by atoms with Crippen LogP contribution in [0.2, 0.25) is 0 Å². The van der Waals surface area contributed by atoms with Crippen molar-refractivity contribution in [3.8, 4) is 0 Å². The van der Waals surface area contributed by atoms with Crippen LogP contribution in [0.25, 0.3) is 11.2 Å². The number of aliphatic hydroxyl groups excluding tert-OH is 4. The van der Waals surface area contributed by atoms with Crippen LogP contribution in [-0.2, 0) is 23.1 Å². The molecule has 2 fully saturated rings. The number of H-pyrrole nitrogens is 2. The third-order valence-corrected chi connectivity index (χ3v) is 7.32. The maximum absolute atomic E-state index is 12.7. The van der Waals surface area contributed by atoms with Gasteiger partial charge in [-0.1, -0.05) is 0 Å². The van der Waals surface area contributed by atoms with E-state index in [-0.39, 0.29) is 23.3 Å². The second kappa shape index (κ2) is 11.5. The van der Waals surface area contributed by atoms with E-state index >= 15 is 0 Å². The highest BCUT2D eigenvalue weighted by atomic mass is 31.2. The number of hydrogen-bond donors (Lipinski definition) is 9. The number of aliphatic hydroxyl groups is 4. The largest absolute Gasteiger partial charge is 0.472 e. The van der Waals surface area contributed by atoms with Crippen LogP contribution < -0.4 is 28.7 Å². The van der Waals surface area contributed by atoms with Crippen molar-refractivity contribution in [3.05, 3.63) is 49.8 Å². The Morgan fingerprint density at radius 2 is 1.73 bits per heavy atom. The maximum Gasteiger partial charge on any atom is 0.472 e. The highest BCUT2D eigenvalue weighted by Crippen LogP contribution is 2.49. The van der Waals surface area contributed by atoms with Crippen molar-refractivity contribution in [3.63, 3.8) is 0 Å². The smallest absolute Gasteiger partial charge is 0.394 e. The van der Waals surface area contributed by atoms with Crippen molar-refractivity contribution in [2.75, 3.05) is 18.9 Å². The number of nitrogens with one attached hydrogen (secondary N) is 2. The molecular weight excluding hydrogens is 579 g/mol. The molecule has 12 N–H and O–H groups in total. The maximum atomic E-state index is 12.7. The first-order chi connectivity index (χ1) is 18.9. The van der Waals surface area contributed by atoms with Crippen LogP contribution in [0.1, 0.15) is 12.5 Å². The first-order valence-corrected chi connectivity index (χ1v) is 13.0. The summed E-state index contributed by atoms with van der Waals surface area (Å²) in [4.78, 5) is 57.7. The molecule has 22 heteroatoms. The molecule has 9 unspecified atom stereocenters. The number of phosphoric ester groups is 1. The Morgan fingerprint density at radius 3 is 2.41 bits per heavy atom. The zero-order valence-electron chi connectivity index (χ0n) is 20.8. The van der Waals surface area contributed by atoms with Gasteiger partial charge in [0.05, 0.1) is 19.5 Å². The predicted molar refractivity (Wildman–Crippen MR) is 132 cm³/mol. The molecule has 3 aromatic rings. The summed E-state index contributed by atoms with van der Waals surface area (Å²) in [6.45, 7) is -1.59. The minimum atomic E-state index is -5.06. The van der Waals surface area contributed by atoms with Crippen molar-refractivity contribution < 1.29 is 48.4 Å². The minimum Gasteiger partial charge on any atom is -0.394 e. The number of nitrogen functional groups attached to an aromatic ring is 1. The number of nitrogens with zero attached hydrogens (tertiary/aromatic N) is 4. The third kappa shape index (κ3) is 5.73. The van der Waals surface area contributed by atoms with E-state index < -0.39 is 86.9 Å². The summed E-state index contributed by atoms with van der Waals surface area (Å²) in [5, 5.41) is 41.2. The number of aromatic amines is 2. The highest BCUT2D eigenvalue weighted by Gasteiger charge is 2.50. The minimum absolute atomic E-state index is 0. The lowest BCUT2D eigenvalue weighted by atomic mass is 10.1. The van der Waals surface area contributed by atoms with Gasteiger partial charge >= 0.3 is 13.5 Å². The Bertz CT molecular complexity index is 1620. The fraction of sp³-hybridized carbons (Fsp3) is 0.526. The molecule has 5 rings (SSSR count). The molecule has 0 bridgehead atoms. The van der Waals surface area contributed by atoms with E-state index in [0.29, 0.717) is 0 Å². The average molecular weight is 606 g/mol. The van der Waals surface area contributed by atoms with Gasteiger partial charge < -0.3 is 46.7 Å². The van der Waals surface area contributed by atoms with Crippen LogP contribution in [0.5, 0.6) is 0 Å². The van der Waals surface area contributed by atoms with Crippen LogP contribution in [0.4, 0.5) is 5.95 Å². The molecule has 0 aliphatic carbocycles. The van der Waals surface area contributed by atoms with Crippen molar-refractivity contribution in [2.45, 2.75) is 49.1 Å². The van der Waals surface area contributed by atoms with Crippen LogP contribution in [-0.4, -0.2) is 104 Å². The second-order valence-corrected chi connectivity index (χ2v) is 10.3. The van der Waals surface area contributed by atoms with Crippen LogP contribution in [0, 0.1) is 0 Å². The number of aromatic nitrogens is 6. The van der Waals surface area contributed by atoms with E-state index in [1.807, 2.05) is 4.98 Å². The molecule has 2 aliphatic rings. The predicted octanol–water partition coefficient (Wildman–Crippen LogP) is -4.21. The van der Waals surface area contributed by atoms with Crippen molar-refractivity contribution in [1.82, 2.24) is 35.2 Å². The molecule has 5 heterocycles. The van der Waals surface area contributed by atoms with Gasteiger partial charge in [0, 0.05) is 12.3 Å². The highest BCUT2D eigenvalue weighted by molar-refractivity contribution is 7.47. The zero-order chi connectivity index (χ0) is 28.9. The number of rotatable bonds is 8. The summed E-state index contributed by atoms with van der Waals surface area (Å²) in [5.41, 5.74) is 3.06. The molecule has 0 radical (unpaired) electrons. The van der Waals surface area contributed by atoms with Crippen molar-refractivity contribution in [2.24, 2.45) is 0 Å². The lowest BCUT2D eigenvalue weighted by Gasteiger charge is -2.23. The Morgan fingerprint density at radius 1 is 1.05 bits per heavy atom. The second-order valence-electron chi connectivity index (χ2n) is 8.91. The fourth-order valence-electron chi connectivity index (χ4n) is 4.43. The van der Waals surface area contributed by atoms with Crippen molar-refractivity contribution in [1.29, 1.82) is 0 Å². The first kappa shape index (κ1) is 30.6. The molecule has 226 valence electrons. The third-order valence-electron chi connectivity index (χ3n) is 6.33. The molecule has 21 nitrogen and oxygen atoms in total. The summed E-state index contributed by atoms with van der Waals surface area (Å²) >= 11 is 0. The number of anilines is 1. The van der Waals surface area contributed by atoms with Gasteiger partial charge in [-0.25, -0.2) is 14.3 Å². The lowest BCUT2D eigenvalue weighted by Crippen LogP contribution is -2.37. The number of ether oxygens (including phenoxy) is 2. The van der Waals surface area contributed by atoms with Crippen LogP contribution >= 0.6 is 7.82 Å². The Kier molecular flexibility index (Phi) is 8.59. The Hall–Kier alpha value is -3.34. The molecular formula is C19H27N8O13P. The average Bonchev–Trinajstić information content (AvgIpc) is 3.53. The van der Waals surface area contributed by atoms with Gasteiger partial charge in [-0.05, 0) is 0 Å². The zero-order valence-corrected chi connectivity index (χ0v) is 21.7.